The molecule has 0 saturated carbocycles. The molecule has 0 aliphatic rings. The van der Waals surface area contributed by atoms with Crippen molar-refractivity contribution in [3.8, 4) is 0 Å². The molecule has 0 saturated heterocycles. The third-order valence-corrected chi connectivity index (χ3v) is 3.14. The molecule has 1 atom stereocenters. The van der Waals surface area contributed by atoms with Gasteiger partial charge in [-0.15, -0.1) is 0 Å². The second-order valence-electron chi connectivity index (χ2n) is 4.39. The van der Waals surface area contributed by atoms with Crippen molar-refractivity contribution in [1.82, 2.24) is 9.78 Å². The molecule has 1 unspecified atom stereocenters. The molecular formula is C11H19ClN2O2. The van der Waals surface area contributed by atoms with Crippen LogP contribution in [0.5, 0.6) is 0 Å². The minimum absolute atomic E-state index is 0.495. The van der Waals surface area contributed by atoms with E-state index >= 15 is 0 Å². The Bertz CT molecular complexity index is 361. The van der Waals surface area contributed by atoms with E-state index in [1.165, 1.54) is 0 Å². The van der Waals surface area contributed by atoms with E-state index in [1.807, 2.05) is 6.92 Å². The van der Waals surface area contributed by atoms with Gasteiger partial charge in [0, 0.05) is 32.7 Å². The van der Waals surface area contributed by atoms with Crippen molar-refractivity contribution in [2.24, 2.45) is 7.05 Å². The van der Waals surface area contributed by atoms with Crippen molar-refractivity contribution in [3.05, 3.63) is 16.4 Å². The van der Waals surface area contributed by atoms with Crippen LogP contribution in [0, 0.1) is 6.92 Å². The van der Waals surface area contributed by atoms with Gasteiger partial charge in [-0.3, -0.25) is 4.68 Å². The van der Waals surface area contributed by atoms with Crippen molar-refractivity contribution >= 4 is 11.6 Å². The highest BCUT2D eigenvalue weighted by atomic mass is 35.5. The van der Waals surface area contributed by atoms with Crippen LogP contribution < -0.4 is 0 Å². The van der Waals surface area contributed by atoms with Gasteiger partial charge in [-0.1, -0.05) is 11.6 Å². The van der Waals surface area contributed by atoms with Crippen LogP contribution in [0.2, 0.25) is 5.15 Å². The van der Waals surface area contributed by atoms with Gasteiger partial charge in [0.05, 0.1) is 11.3 Å². The summed E-state index contributed by atoms with van der Waals surface area (Å²) in [5.74, 6) is 0. The van der Waals surface area contributed by atoms with E-state index in [4.69, 9.17) is 16.3 Å². The maximum atomic E-state index is 10.2. The molecule has 0 aliphatic carbocycles. The predicted molar refractivity (Wildman–Crippen MR) is 63.8 cm³/mol. The monoisotopic (exact) mass is 246 g/mol. The molecule has 0 aliphatic heterocycles. The lowest BCUT2D eigenvalue weighted by Gasteiger charge is -2.22. The lowest BCUT2D eigenvalue weighted by molar-refractivity contribution is 0.0248. The fourth-order valence-electron chi connectivity index (χ4n) is 1.67. The Kier molecular flexibility index (Phi) is 4.35. The smallest absolute Gasteiger partial charge is 0.130 e. The van der Waals surface area contributed by atoms with Gasteiger partial charge in [-0.25, -0.2) is 0 Å². The number of rotatable bonds is 5. The molecule has 4 nitrogen and oxygen atoms in total. The number of aryl methyl sites for hydroxylation is 2. The first kappa shape index (κ1) is 13.5. The van der Waals surface area contributed by atoms with E-state index in [1.54, 1.807) is 25.8 Å². The topological polar surface area (TPSA) is 47.3 Å². The Morgan fingerprint density at radius 3 is 2.62 bits per heavy atom. The van der Waals surface area contributed by atoms with Crippen molar-refractivity contribution in [3.63, 3.8) is 0 Å². The van der Waals surface area contributed by atoms with Crippen LogP contribution in [0.3, 0.4) is 0 Å². The van der Waals surface area contributed by atoms with Gasteiger partial charge in [-0.05, 0) is 20.3 Å². The predicted octanol–water partition coefficient (Wildman–Crippen LogP) is 1.71. The molecule has 1 aromatic rings. The van der Waals surface area contributed by atoms with E-state index in [0.717, 1.165) is 11.3 Å². The summed E-state index contributed by atoms with van der Waals surface area (Å²) in [7, 11) is 3.42. The average molecular weight is 247 g/mol. The standard InChI is InChI=1S/C11H19ClN2O2/c1-8-9(10(12)14(3)13-8)7-11(2,15)5-6-16-4/h15H,5-7H2,1-4H3. The normalized spacial score (nSPS) is 15.1. The van der Waals surface area contributed by atoms with Crippen molar-refractivity contribution < 1.29 is 9.84 Å². The van der Waals surface area contributed by atoms with Crippen LogP contribution in [0.1, 0.15) is 24.6 Å². The summed E-state index contributed by atoms with van der Waals surface area (Å²) in [6.07, 6.45) is 1.07. The van der Waals surface area contributed by atoms with Crippen LogP contribution in [0.4, 0.5) is 0 Å². The van der Waals surface area contributed by atoms with Crippen LogP contribution in [0.15, 0.2) is 0 Å². The summed E-state index contributed by atoms with van der Waals surface area (Å²) >= 11 is 6.11. The zero-order valence-corrected chi connectivity index (χ0v) is 11.0. The lowest BCUT2D eigenvalue weighted by atomic mass is 9.94. The van der Waals surface area contributed by atoms with Crippen molar-refractivity contribution in [2.45, 2.75) is 32.3 Å². The zero-order valence-electron chi connectivity index (χ0n) is 10.2. The Hall–Kier alpha value is -0.580. The van der Waals surface area contributed by atoms with Gasteiger partial charge in [-0.2, -0.15) is 5.10 Å². The summed E-state index contributed by atoms with van der Waals surface area (Å²) in [5.41, 5.74) is 0.962. The molecule has 0 spiro atoms. The molecule has 92 valence electrons. The van der Waals surface area contributed by atoms with Gasteiger partial charge < -0.3 is 9.84 Å². The highest BCUT2D eigenvalue weighted by Crippen LogP contribution is 2.25. The first-order chi connectivity index (χ1) is 7.37. The number of halogens is 1. The molecule has 1 rings (SSSR count). The maximum absolute atomic E-state index is 10.2. The average Bonchev–Trinajstić information content (AvgIpc) is 2.42. The van der Waals surface area contributed by atoms with E-state index in [-0.39, 0.29) is 0 Å². The van der Waals surface area contributed by atoms with Gasteiger partial charge in [0.2, 0.25) is 0 Å². The number of ether oxygens (including phenoxy) is 1. The fourth-order valence-corrected chi connectivity index (χ4v) is 1.91. The van der Waals surface area contributed by atoms with Crippen molar-refractivity contribution in [1.29, 1.82) is 0 Å². The summed E-state index contributed by atoms with van der Waals surface area (Å²) in [5, 5.41) is 15.0. The quantitative estimate of drug-likeness (QED) is 0.861. The molecule has 1 aromatic heterocycles. The summed E-state index contributed by atoms with van der Waals surface area (Å²) in [6.45, 7) is 4.21. The van der Waals surface area contributed by atoms with Crippen LogP contribution in [-0.2, 0) is 18.2 Å². The molecule has 1 N–H and O–H groups in total. The molecule has 5 heteroatoms. The molecule has 0 bridgehead atoms. The van der Waals surface area contributed by atoms with Crippen molar-refractivity contribution in [2.75, 3.05) is 13.7 Å². The Balaban J connectivity index is 2.79. The highest BCUT2D eigenvalue weighted by molar-refractivity contribution is 6.30. The van der Waals surface area contributed by atoms with Gasteiger partial charge in [0.25, 0.3) is 0 Å². The van der Waals surface area contributed by atoms with Crippen LogP contribution >= 0.6 is 11.6 Å². The van der Waals surface area contributed by atoms with Gasteiger partial charge in [0.1, 0.15) is 5.15 Å². The maximum Gasteiger partial charge on any atom is 0.130 e. The number of nitrogens with zero attached hydrogens (tertiary/aromatic N) is 2. The number of methoxy groups -OCH3 is 1. The van der Waals surface area contributed by atoms with E-state index in [0.29, 0.717) is 24.6 Å². The number of aliphatic hydroxyl groups is 1. The molecule has 0 amide bonds. The molecule has 16 heavy (non-hydrogen) atoms. The highest BCUT2D eigenvalue weighted by Gasteiger charge is 2.24. The third kappa shape index (κ3) is 3.20. The summed E-state index contributed by atoms with van der Waals surface area (Å²) in [4.78, 5) is 0. The third-order valence-electron chi connectivity index (χ3n) is 2.67. The second-order valence-corrected chi connectivity index (χ2v) is 4.75. The number of hydrogen-bond donors (Lipinski definition) is 1. The first-order valence-corrected chi connectivity index (χ1v) is 5.64. The van der Waals surface area contributed by atoms with E-state index < -0.39 is 5.60 Å². The SMILES string of the molecule is COCCC(C)(O)Cc1c(C)nn(C)c1Cl. The molecule has 0 fully saturated rings. The number of hydrogen-bond acceptors (Lipinski definition) is 3. The Labute approximate surface area is 101 Å². The van der Waals surface area contributed by atoms with Crippen LogP contribution in [-0.4, -0.2) is 34.2 Å². The first-order valence-electron chi connectivity index (χ1n) is 5.26. The van der Waals surface area contributed by atoms with Gasteiger partial charge in [0.15, 0.2) is 0 Å². The lowest BCUT2D eigenvalue weighted by Crippen LogP contribution is -2.29. The molecule has 1 heterocycles. The summed E-state index contributed by atoms with van der Waals surface area (Å²) < 4.78 is 6.59. The van der Waals surface area contributed by atoms with E-state index in [2.05, 4.69) is 5.10 Å². The minimum atomic E-state index is -0.812. The molecular weight excluding hydrogens is 228 g/mol. The fraction of sp³-hybridized carbons (Fsp3) is 0.727. The molecule has 0 radical (unpaired) electrons. The minimum Gasteiger partial charge on any atom is -0.390 e. The van der Waals surface area contributed by atoms with Gasteiger partial charge >= 0.3 is 0 Å². The second kappa shape index (κ2) is 5.17. The number of aromatic nitrogens is 2. The summed E-state index contributed by atoms with van der Waals surface area (Å²) in [6, 6.07) is 0. The largest absolute Gasteiger partial charge is 0.390 e. The van der Waals surface area contributed by atoms with Crippen LogP contribution in [0.25, 0.3) is 0 Å². The zero-order chi connectivity index (χ0) is 12.3. The van der Waals surface area contributed by atoms with E-state index in [9.17, 15) is 5.11 Å². The Morgan fingerprint density at radius 1 is 1.56 bits per heavy atom. The Morgan fingerprint density at radius 2 is 2.19 bits per heavy atom. The molecule has 0 aromatic carbocycles.